The Bertz CT molecular complexity index is 1000. The van der Waals surface area contributed by atoms with Gasteiger partial charge in [0.25, 0.3) is 0 Å². The van der Waals surface area contributed by atoms with Crippen molar-refractivity contribution in [3.8, 4) is 0 Å². The standard InChI is InChI=1S/C20H21BrN6OS/c1-12-8-9-16(15(21)10-12)24-17(28)11-29-13(2)18-25-19(22)27-20(26-18)23-14-6-4-3-5-7-14/h3-10,13H,11H2,1-2H3,(H,24,28)(H3,22,23,25,26,27)/t13-/m1/s1. The highest BCUT2D eigenvalue weighted by atomic mass is 79.9. The molecule has 0 aliphatic heterocycles. The van der Waals surface area contributed by atoms with Crippen LogP contribution in [0.15, 0.2) is 53.0 Å². The first-order chi connectivity index (χ1) is 13.9. The largest absolute Gasteiger partial charge is 0.368 e. The molecule has 3 rings (SSSR count). The molecule has 1 heterocycles. The number of benzene rings is 2. The molecule has 1 atom stereocenters. The van der Waals surface area contributed by atoms with E-state index in [1.54, 1.807) is 0 Å². The summed E-state index contributed by atoms with van der Waals surface area (Å²) in [7, 11) is 0. The van der Waals surface area contributed by atoms with Crippen molar-refractivity contribution in [1.82, 2.24) is 15.0 Å². The number of nitrogens with two attached hydrogens (primary N) is 1. The van der Waals surface area contributed by atoms with E-state index in [4.69, 9.17) is 5.73 Å². The van der Waals surface area contributed by atoms with Crippen molar-refractivity contribution in [2.75, 3.05) is 22.1 Å². The molecule has 0 spiro atoms. The van der Waals surface area contributed by atoms with Crippen LogP contribution in [0.5, 0.6) is 0 Å². The summed E-state index contributed by atoms with van der Waals surface area (Å²) in [5, 5.41) is 5.88. The summed E-state index contributed by atoms with van der Waals surface area (Å²) in [6.07, 6.45) is 0. The maximum Gasteiger partial charge on any atom is 0.234 e. The van der Waals surface area contributed by atoms with Crippen LogP contribution in [0, 0.1) is 6.92 Å². The maximum absolute atomic E-state index is 12.3. The van der Waals surface area contributed by atoms with E-state index in [0.717, 1.165) is 21.4 Å². The average Bonchev–Trinajstić information content (AvgIpc) is 2.68. The van der Waals surface area contributed by atoms with E-state index in [-0.39, 0.29) is 22.9 Å². The first kappa shape index (κ1) is 21.1. The number of rotatable bonds is 7. The third kappa shape index (κ3) is 6.16. The lowest BCUT2D eigenvalue weighted by Gasteiger charge is -2.13. The van der Waals surface area contributed by atoms with E-state index in [0.29, 0.717) is 11.8 Å². The molecular formula is C20H21BrN6OS. The number of carbonyl (C=O) groups excluding carboxylic acids is 1. The second kappa shape index (κ2) is 9.71. The second-order valence-electron chi connectivity index (χ2n) is 6.35. The van der Waals surface area contributed by atoms with E-state index in [1.165, 1.54) is 11.8 Å². The monoisotopic (exact) mass is 472 g/mol. The van der Waals surface area contributed by atoms with Gasteiger partial charge in [-0.1, -0.05) is 24.3 Å². The molecule has 0 aliphatic carbocycles. The number of anilines is 4. The number of amides is 1. The average molecular weight is 473 g/mol. The first-order valence-corrected chi connectivity index (χ1v) is 10.8. The van der Waals surface area contributed by atoms with Gasteiger partial charge in [-0.25, -0.2) is 0 Å². The Morgan fingerprint density at radius 2 is 1.93 bits per heavy atom. The Hall–Kier alpha value is -2.65. The number of nitrogen functional groups attached to an aromatic ring is 1. The number of aromatic nitrogens is 3. The highest BCUT2D eigenvalue weighted by molar-refractivity contribution is 9.10. The molecule has 0 saturated heterocycles. The van der Waals surface area contributed by atoms with E-state index >= 15 is 0 Å². The van der Waals surface area contributed by atoms with Gasteiger partial charge in [-0.05, 0) is 59.6 Å². The van der Waals surface area contributed by atoms with Gasteiger partial charge in [0, 0.05) is 10.2 Å². The zero-order chi connectivity index (χ0) is 20.8. The van der Waals surface area contributed by atoms with Gasteiger partial charge in [-0.15, -0.1) is 11.8 Å². The van der Waals surface area contributed by atoms with Crippen molar-refractivity contribution >= 4 is 56.9 Å². The topological polar surface area (TPSA) is 106 Å². The third-order valence-corrected chi connectivity index (χ3v) is 5.72. The predicted octanol–water partition coefficient (Wildman–Crippen LogP) is 4.70. The molecule has 150 valence electrons. The first-order valence-electron chi connectivity index (χ1n) is 8.92. The molecule has 29 heavy (non-hydrogen) atoms. The molecule has 0 fully saturated rings. The lowest BCUT2D eigenvalue weighted by Crippen LogP contribution is -2.16. The smallest absolute Gasteiger partial charge is 0.234 e. The third-order valence-electron chi connectivity index (χ3n) is 3.93. The van der Waals surface area contributed by atoms with Gasteiger partial charge in [0.2, 0.25) is 17.8 Å². The molecule has 0 saturated carbocycles. The van der Waals surface area contributed by atoms with Crippen LogP contribution in [0.3, 0.4) is 0 Å². The van der Waals surface area contributed by atoms with Crippen LogP contribution in [0.1, 0.15) is 23.6 Å². The van der Waals surface area contributed by atoms with Gasteiger partial charge in [0.05, 0.1) is 16.7 Å². The summed E-state index contributed by atoms with van der Waals surface area (Å²) in [4.78, 5) is 25.1. The molecule has 3 aromatic rings. The summed E-state index contributed by atoms with van der Waals surface area (Å²) in [6.45, 7) is 3.93. The Morgan fingerprint density at radius 1 is 1.17 bits per heavy atom. The fraction of sp³-hybridized carbons (Fsp3) is 0.200. The van der Waals surface area contributed by atoms with Gasteiger partial charge in [0.15, 0.2) is 0 Å². The minimum atomic E-state index is -0.135. The van der Waals surface area contributed by atoms with Crippen LogP contribution in [-0.2, 0) is 4.79 Å². The van der Waals surface area contributed by atoms with Crippen LogP contribution in [0.4, 0.5) is 23.3 Å². The molecular weight excluding hydrogens is 452 g/mol. The minimum absolute atomic E-state index is 0.101. The zero-order valence-corrected chi connectivity index (χ0v) is 18.4. The number of nitrogens with zero attached hydrogens (tertiary/aromatic N) is 3. The van der Waals surface area contributed by atoms with E-state index in [2.05, 4.69) is 41.5 Å². The Balaban J connectivity index is 1.61. The fourth-order valence-corrected chi connectivity index (χ4v) is 3.80. The van der Waals surface area contributed by atoms with Gasteiger partial charge >= 0.3 is 0 Å². The second-order valence-corrected chi connectivity index (χ2v) is 8.53. The van der Waals surface area contributed by atoms with Crippen molar-refractivity contribution in [3.05, 3.63) is 64.4 Å². The zero-order valence-electron chi connectivity index (χ0n) is 16.0. The number of thioether (sulfide) groups is 1. The summed E-state index contributed by atoms with van der Waals surface area (Å²) in [5.41, 5.74) is 8.56. The number of carbonyl (C=O) groups is 1. The molecule has 9 heteroatoms. The number of para-hydroxylation sites is 1. The normalized spacial score (nSPS) is 11.7. The summed E-state index contributed by atoms with van der Waals surface area (Å²) < 4.78 is 0.853. The fourth-order valence-electron chi connectivity index (χ4n) is 2.48. The molecule has 0 aliphatic rings. The molecule has 4 N–H and O–H groups in total. The van der Waals surface area contributed by atoms with Crippen LogP contribution >= 0.6 is 27.7 Å². The van der Waals surface area contributed by atoms with E-state index in [9.17, 15) is 4.79 Å². The summed E-state index contributed by atoms with van der Waals surface area (Å²) >= 11 is 4.89. The Morgan fingerprint density at radius 3 is 2.66 bits per heavy atom. The molecule has 2 aromatic carbocycles. The molecule has 0 bridgehead atoms. The van der Waals surface area contributed by atoms with Gasteiger partial charge in [0.1, 0.15) is 5.82 Å². The Kier molecular flexibility index (Phi) is 7.05. The highest BCUT2D eigenvalue weighted by Gasteiger charge is 2.15. The number of hydrogen-bond acceptors (Lipinski definition) is 7. The van der Waals surface area contributed by atoms with Crippen LogP contribution in [-0.4, -0.2) is 26.6 Å². The number of nitrogens with one attached hydrogen (secondary N) is 2. The van der Waals surface area contributed by atoms with Crippen LogP contribution in [0.2, 0.25) is 0 Å². The lowest BCUT2D eigenvalue weighted by molar-refractivity contribution is -0.113. The van der Waals surface area contributed by atoms with Crippen molar-refractivity contribution in [1.29, 1.82) is 0 Å². The molecule has 1 aromatic heterocycles. The summed E-state index contributed by atoms with van der Waals surface area (Å²) in [5.74, 6) is 1.18. The molecule has 1 amide bonds. The number of aryl methyl sites for hydroxylation is 1. The number of halogens is 1. The SMILES string of the molecule is Cc1ccc(NC(=O)CS[C@H](C)c2nc(N)nc(Nc3ccccc3)n2)c(Br)c1. The molecule has 7 nitrogen and oxygen atoms in total. The summed E-state index contributed by atoms with van der Waals surface area (Å²) in [6, 6.07) is 15.4. The lowest BCUT2D eigenvalue weighted by atomic mass is 10.2. The Labute approximate surface area is 182 Å². The van der Waals surface area contributed by atoms with E-state index < -0.39 is 0 Å². The quantitative estimate of drug-likeness (QED) is 0.457. The minimum Gasteiger partial charge on any atom is -0.368 e. The van der Waals surface area contributed by atoms with Crippen LogP contribution in [0.25, 0.3) is 0 Å². The highest BCUT2D eigenvalue weighted by Crippen LogP contribution is 2.28. The van der Waals surface area contributed by atoms with Crippen molar-refractivity contribution in [3.63, 3.8) is 0 Å². The van der Waals surface area contributed by atoms with Gasteiger partial charge in [-0.2, -0.15) is 15.0 Å². The van der Waals surface area contributed by atoms with Gasteiger partial charge < -0.3 is 16.4 Å². The van der Waals surface area contributed by atoms with Crippen LogP contribution < -0.4 is 16.4 Å². The molecule has 0 radical (unpaired) electrons. The predicted molar refractivity (Wildman–Crippen MR) is 122 cm³/mol. The molecule has 0 unspecified atom stereocenters. The number of hydrogen-bond donors (Lipinski definition) is 3. The van der Waals surface area contributed by atoms with Gasteiger partial charge in [-0.3, -0.25) is 4.79 Å². The maximum atomic E-state index is 12.3. The van der Waals surface area contributed by atoms with Crippen molar-refractivity contribution in [2.24, 2.45) is 0 Å². The van der Waals surface area contributed by atoms with Crippen molar-refractivity contribution < 1.29 is 4.79 Å². The van der Waals surface area contributed by atoms with E-state index in [1.807, 2.05) is 62.4 Å². The van der Waals surface area contributed by atoms with Crippen molar-refractivity contribution in [2.45, 2.75) is 19.1 Å².